The lowest BCUT2D eigenvalue weighted by molar-refractivity contribution is -0.143. The molecular weight excluding hydrogens is 450 g/mol. The predicted molar refractivity (Wildman–Crippen MR) is 131 cm³/mol. The quantitative estimate of drug-likeness (QED) is 0.478. The number of nitrogens with zero attached hydrogens (tertiary/aromatic N) is 2. The van der Waals surface area contributed by atoms with Crippen molar-refractivity contribution < 1.29 is 23.9 Å². The molecule has 2 atom stereocenters. The maximum absolute atomic E-state index is 13.6. The number of nitrogens with one attached hydrogen (secondary N) is 2. The van der Waals surface area contributed by atoms with Crippen LogP contribution in [0.1, 0.15) is 70.7 Å². The standard InChI is InChI=1S/C25H37N5O5/c1-15-9-10-17(13-16(15)2)20(21(32)29-24(3,4)5)30(12-11-26)22(33)18(14-19(27)31)28-23(34)35-25(6,7)8/h9-10,13,18,20H,12,14H2,1-8H3,(H2,27,31)(H,28,34)(H,29,32). The molecule has 0 fully saturated rings. The predicted octanol–water partition coefficient (Wildman–Crippen LogP) is 2.38. The second-order valence-electron chi connectivity index (χ2n) is 10.5. The van der Waals surface area contributed by atoms with Gasteiger partial charge in [-0.2, -0.15) is 5.26 Å². The molecule has 0 spiro atoms. The van der Waals surface area contributed by atoms with E-state index in [0.29, 0.717) is 5.56 Å². The highest BCUT2D eigenvalue weighted by Gasteiger charge is 2.38. The molecule has 1 aromatic rings. The number of nitriles is 1. The molecule has 1 rings (SSSR count). The van der Waals surface area contributed by atoms with Gasteiger partial charge in [-0.1, -0.05) is 18.2 Å². The van der Waals surface area contributed by atoms with Crippen LogP contribution in [-0.2, 0) is 19.1 Å². The summed E-state index contributed by atoms with van der Waals surface area (Å²) < 4.78 is 5.21. The van der Waals surface area contributed by atoms with E-state index in [1.54, 1.807) is 53.7 Å². The number of carbonyl (C=O) groups is 4. The van der Waals surface area contributed by atoms with Crippen molar-refractivity contribution in [3.8, 4) is 6.07 Å². The second-order valence-corrected chi connectivity index (χ2v) is 10.5. The largest absolute Gasteiger partial charge is 0.444 e. The molecule has 0 radical (unpaired) electrons. The van der Waals surface area contributed by atoms with Gasteiger partial charge >= 0.3 is 6.09 Å². The Balaban J connectivity index is 3.54. The molecular formula is C25H37N5O5. The third kappa shape index (κ3) is 9.65. The molecule has 10 nitrogen and oxygen atoms in total. The summed E-state index contributed by atoms with van der Waals surface area (Å²) in [6.45, 7) is 13.6. The van der Waals surface area contributed by atoms with Crippen molar-refractivity contribution >= 4 is 23.8 Å². The first-order valence-corrected chi connectivity index (χ1v) is 11.3. The summed E-state index contributed by atoms with van der Waals surface area (Å²) in [6, 6.07) is 4.56. The molecule has 4 N–H and O–H groups in total. The Hall–Kier alpha value is -3.61. The summed E-state index contributed by atoms with van der Waals surface area (Å²) in [4.78, 5) is 52.2. The van der Waals surface area contributed by atoms with Crippen molar-refractivity contribution in [3.05, 3.63) is 34.9 Å². The molecule has 0 saturated carbocycles. The molecule has 35 heavy (non-hydrogen) atoms. The van der Waals surface area contributed by atoms with Crippen LogP contribution < -0.4 is 16.4 Å². The zero-order valence-electron chi connectivity index (χ0n) is 21.8. The Bertz CT molecular complexity index is 1000. The number of primary amides is 1. The van der Waals surface area contributed by atoms with Crippen LogP contribution in [0.3, 0.4) is 0 Å². The molecule has 0 aliphatic carbocycles. The fourth-order valence-electron chi connectivity index (χ4n) is 3.27. The summed E-state index contributed by atoms with van der Waals surface area (Å²) in [5, 5.41) is 14.7. The molecule has 0 saturated heterocycles. The van der Waals surface area contributed by atoms with Crippen molar-refractivity contribution in [1.29, 1.82) is 5.26 Å². The zero-order chi connectivity index (χ0) is 27.1. The van der Waals surface area contributed by atoms with Gasteiger partial charge in [-0.3, -0.25) is 14.4 Å². The van der Waals surface area contributed by atoms with E-state index in [0.717, 1.165) is 16.0 Å². The van der Waals surface area contributed by atoms with Crippen LogP contribution in [0.2, 0.25) is 0 Å². The number of rotatable bonds is 8. The van der Waals surface area contributed by atoms with Gasteiger partial charge in [0.05, 0.1) is 12.5 Å². The van der Waals surface area contributed by atoms with Crippen LogP contribution in [0.25, 0.3) is 0 Å². The SMILES string of the molecule is Cc1ccc(C(C(=O)NC(C)(C)C)N(CC#N)C(=O)C(CC(N)=O)NC(=O)OC(C)(C)C)cc1C. The number of ether oxygens (including phenoxy) is 1. The Kier molecular flexibility index (Phi) is 9.83. The molecule has 1 aromatic carbocycles. The first-order valence-electron chi connectivity index (χ1n) is 11.3. The van der Waals surface area contributed by atoms with E-state index >= 15 is 0 Å². The minimum atomic E-state index is -1.44. The zero-order valence-corrected chi connectivity index (χ0v) is 21.8. The molecule has 0 heterocycles. The molecule has 4 amide bonds. The number of amides is 4. The molecule has 0 bridgehead atoms. The molecule has 0 aromatic heterocycles. The van der Waals surface area contributed by atoms with Gasteiger partial charge in [0, 0.05) is 5.54 Å². The number of aryl methyl sites for hydroxylation is 2. The van der Waals surface area contributed by atoms with Gasteiger partial charge in [-0.15, -0.1) is 0 Å². The maximum atomic E-state index is 13.6. The van der Waals surface area contributed by atoms with E-state index in [2.05, 4.69) is 10.6 Å². The van der Waals surface area contributed by atoms with Crippen molar-refractivity contribution in [3.63, 3.8) is 0 Å². The minimum absolute atomic E-state index is 0.473. The maximum Gasteiger partial charge on any atom is 0.408 e. The fraction of sp³-hybridized carbons (Fsp3) is 0.560. The highest BCUT2D eigenvalue weighted by Crippen LogP contribution is 2.26. The van der Waals surface area contributed by atoms with Crippen LogP contribution in [-0.4, -0.2) is 52.4 Å². The second kappa shape index (κ2) is 11.7. The summed E-state index contributed by atoms with van der Waals surface area (Å²) >= 11 is 0. The van der Waals surface area contributed by atoms with E-state index in [9.17, 15) is 24.4 Å². The average molecular weight is 488 g/mol. The van der Waals surface area contributed by atoms with Gasteiger partial charge < -0.3 is 26.0 Å². The van der Waals surface area contributed by atoms with Crippen LogP contribution in [0.4, 0.5) is 4.79 Å². The first-order chi connectivity index (χ1) is 15.9. The molecule has 192 valence electrons. The number of hydrogen-bond donors (Lipinski definition) is 3. The van der Waals surface area contributed by atoms with Gasteiger partial charge in [0.15, 0.2) is 0 Å². The summed E-state index contributed by atoms with van der Waals surface area (Å²) in [7, 11) is 0. The lowest BCUT2D eigenvalue weighted by Gasteiger charge is -2.34. The van der Waals surface area contributed by atoms with Gasteiger partial charge in [0.25, 0.3) is 0 Å². The van der Waals surface area contributed by atoms with E-state index in [-0.39, 0.29) is 0 Å². The van der Waals surface area contributed by atoms with Crippen molar-refractivity contribution in [2.24, 2.45) is 5.73 Å². The average Bonchev–Trinajstić information content (AvgIpc) is 2.66. The smallest absolute Gasteiger partial charge is 0.408 e. The first kappa shape index (κ1) is 29.4. The molecule has 0 aliphatic rings. The Morgan fingerprint density at radius 3 is 2.14 bits per heavy atom. The Morgan fingerprint density at radius 1 is 1.09 bits per heavy atom. The lowest BCUT2D eigenvalue weighted by atomic mass is 9.97. The van der Waals surface area contributed by atoms with Crippen molar-refractivity contribution in [1.82, 2.24) is 15.5 Å². The summed E-state index contributed by atoms with van der Waals surface area (Å²) in [5.41, 5.74) is 6.20. The van der Waals surface area contributed by atoms with Crippen LogP contribution >= 0.6 is 0 Å². The summed E-state index contributed by atoms with van der Waals surface area (Å²) in [6.07, 6.45) is -1.48. The fourth-order valence-corrected chi connectivity index (χ4v) is 3.27. The van der Waals surface area contributed by atoms with Gasteiger partial charge in [-0.25, -0.2) is 4.79 Å². The van der Waals surface area contributed by atoms with Gasteiger partial charge in [0.1, 0.15) is 24.2 Å². The van der Waals surface area contributed by atoms with Gasteiger partial charge in [-0.05, 0) is 72.1 Å². The molecule has 10 heteroatoms. The topological polar surface area (TPSA) is 155 Å². The third-order valence-corrected chi connectivity index (χ3v) is 4.82. The van der Waals surface area contributed by atoms with Crippen LogP contribution in [0.5, 0.6) is 0 Å². The third-order valence-electron chi connectivity index (χ3n) is 4.82. The highest BCUT2D eigenvalue weighted by atomic mass is 16.6. The highest BCUT2D eigenvalue weighted by molar-refractivity contribution is 5.94. The monoisotopic (exact) mass is 487 g/mol. The molecule has 2 unspecified atom stereocenters. The van der Waals surface area contributed by atoms with E-state index in [1.807, 2.05) is 26.0 Å². The normalized spacial score (nSPS) is 13.1. The van der Waals surface area contributed by atoms with Crippen LogP contribution in [0.15, 0.2) is 18.2 Å². The number of carbonyl (C=O) groups excluding carboxylic acids is 4. The Morgan fingerprint density at radius 2 is 1.69 bits per heavy atom. The van der Waals surface area contributed by atoms with Crippen LogP contribution in [0, 0.1) is 25.2 Å². The Labute approximate surface area is 207 Å². The number of hydrogen-bond acceptors (Lipinski definition) is 6. The van der Waals surface area contributed by atoms with E-state index in [4.69, 9.17) is 10.5 Å². The van der Waals surface area contributed by atoms with E-state index in [1.165, 1.54) is 0 Å². The van der Waals surface area contributed by atoms with E-state index < -0.39 is 60.0 Å². The lowest BCUT2D eigenvalue weighted by Crippen LogP contribution is -2.55. The number of nitrogens with two attached hydrogens (primary N) is 1. The minimum Gasteiger partial charge on any atom is -0.444 e. The van der Waals surface area contributed by atoms with Crippen molar-refractivity contribution in [2.45, 2.75) is 85.0 Å². The summed E-state index contributed by atoms with van der Waals surface area (Å²) in [5.74, 6) is -2.18. The molecule has 0 aliphatic heterocycles. The van der Waals surface area contributed by atoms with Crippen molar-refractivity contribution in [2.75, 3.05) is 6.54 Å². The number of benzene rings is 1. The van der Waals surface area contributed by atoms with Gasteiger partial charge in [0.2, 0.25) is 17.7 Å². The number of alkyl carbamates (subject to hydrolysis) is 1.